The summed E-state index contributed by atoms with van der Waals surface area (Å²) in [5.74, 6) is 2.19. The summed E-state index contributed by atoms with van der Waals surface area (Å²) in [5.41, 5.74) is 2.22. The normalized spacial score (nSPS) is 17.3. The molecule has 1 fully saturated rings. The van der Waals surface area contributed by atoms with Gasteiger partial charge in [0.1, 0.15) is 11.5 Å². The second kappa shape index (κ2) is 7.04. The number of benzene rings is 1. The Kier molecular flexibility index (Phi) is 4.86. The van der Waals surface area contributed by atoms with Gasteiger partial charge in [0.25, 0.3) is 0 Å². The average molecular weight is 331 g/mol. The van der Waals surface area contributed by atoms with Gasteiger partial charge in [-0.25, -0.2) is 0 Å². The van der Waals surface area contributed by atoms with Gasteiger partial charge in [-0.3, -0.25) is 4.79 Å². The van der Waals surface area contributed by atoms with E-state index in [0.717, 1.165) is 42.1 Å². The van der Waals surface area contributed by atoms with E-state index in [2.05, 4.69) is 0 Å². The lowest BCUT2D eigenvalue weighted by molar-refractivity contribution is -0.129. The second-order valence-electron chi connectivity index (χ2n) is 5.74. The molecule has 3 rings (SSSR count). The Bertz CT molecular complexity index is 669. The first kappa shape index (κ1) is 15.9. The summed E-state index contributed by atoms with van der Waals surface area (Å²) in [5, 5.41) is 4.05. The van der Waals surface area contributed by atoms with E-state index in [9.17, 15) is 4.79 Å². The molecule has 122 valence electrons. The lowest BCUT2D eigenvalue weighted by atomic mass is 9.97. The van der Waals surface area contributed by atoms with Crippen LogP contribution in [0, 0.1) is 0 Å². The van der Waals surface area contributed by atoms with E-state index < -0.39 is 0 Å². The summed E-state index contributed by atoms with van der Waals surface area (Å²) in [4.78, 5) is 14.4. The molecule has 1 amide bonds. The van der Waals surface area contributed by atoms with Crippen LogP contribution in [0.1, 0.15) is 23.5 Å². The van der Waals surface area contributed by atoms with Gasteiger partial charge in [-0.2, -0.15) is 11.3 Å². The lowest BCUT2D eigenvalue weighted by Gasteiger charge is -2.18. The molecule has 2 heterocycles. The number of likely N-dealkylation sites (tertiary alicyclic amines) is 1. The second-order valence-corrected chi connectivity index (χ2v) is 6.52. The zero-order valence-corrected chi connectivity index (χ0v) is 14.3. The van der Waals surface area contributed by atoms with Crippen LogP contribution in [0.5, 0.6) is 11.5 Å². The van der Waals surface area contributed by atoms with Crippen LogP contribution in [-0.2, 0) is 11.2 Å². The molecule has 1 aromatic carbocycles. The molecule has 4 nitrogen and oxygen atoms in total. The van der Waals surface area contributed by atoms with Crippen molar-refractivity contribution in [1.29, 1.82) is 0 Å². The Labute approximate surface area is 140 Å². The molecule has 5 heteroatoms. The summed E-state index contributed by atoms with van der Waals surface area (Å²) < 4.78 is 10.8. The number of carbonyl (C=O) groups excluding carboxylic acids is 1. The minimum Gasteiger partial charge on any atom is -0.497 e. The molecule has 0 saturated carbocycles. The van der Waals surface area contributed by atoms with Gasteiger partial charge in [0, 0.05) is 24.6 Å². The molecule has 0 aliphatic carbocycles. The smallest absolute Gasteiger partial charge is 0.227 e. The summed E-state index contributed by atoms with van der Waals surface area (Å²) in [6, 6.07) is 7.87. The van der Waals surface area contributed by atoms with E-state index in [1.54, 1.807) is 25.6 Å². The fraction of sp³-hybridized carbons (Fsp3) is 0.389. The molecular formula is C18H21NO3S. The first-order valence-electron chi connectivity index (χ1n) is 7.72. The third kappa shape index (κ3) is 3.50. The van der Waals surface area contributed by atoms with Crippen LogP contribution in [-0.4, -0.2) is 38.1 Å². The van der Waals surface area contributed by atoms with E-state index in [1.165, 1.54) is 0 Å². The topological polar surface area (TPSA) is 38.8 Å². The highest BCUT2D eigenvalue weighted by molar-refractivity contribution is 7.08. The van der Waals surface area contributed by atoms with Crippen molar-refractivity contribution >= 4 is 17.2 Å². The van der Waals surface area contributed by atoms with Crippen LogP contribution < -0.4 is 9.47 Å². The summed E-state index contributed by atoms with van der Waals surface area (Å²) in [6.45, 7) is 1.54. The number of thiophene rings is 1. The third-order valence-electron chi connectivity index (χ3n) is 4.35. The van der Waals surface area contributed by atoms with Gasteiger partial charge < -0.3 is 14.4 Å². The molecule has 0 N–H and O–H groups in total. The predicted molar refractivity (Wildman–Crippen MR) is 91.5 cm³/mol. The highest BCUT2D eigenvalue weighted by atomic mass is 32.1. The summed E-state index contributed by atoms with van der Waals surface area (Å²) >= 11 is 1.63. The lowest BCUT2D eigenvalue weighted by Crippen LogP contribution is -2.29. The zero-order valence-electron chi connectivity index (χ0n) is 13.5. The van der Waals surface area contributed by atoms with Crippen molar-refractivity contribution in [2.75, 3.05) is 27.3 Å². The molecule has 0 bridgehead atoms. The molecule has 23 heavy (non-hydrogen) atoms. The number of amides is 1. The Hall–Kier alpha value is -2.01. The quantitative estimate of drug-likeness (QED) is 0.843. The number of hydrogen-bond donors (Lipinski definition) is 0. The zero-order chi connectivity index (χ0) is 16.2. The van der Waals surface area contributed by atoms with Crippen LogP contribution in [0.25, 0.3) is 0 Å². The fourth-order valence-electron chi connectivity index (χ4n) is 3.08. The van der Waals surface area contributed by atoms with E-state index in [4.69, 9.17) is 9.47 Å². The molecule has 0 radical (unpaired) electrons. The van der Waals surface area contributed by atoms with Gasteiger partial charge in [0.05, 0.1) is 20.6 Å². The number of carbonyl (C=O) groups is 1. The van der Waals surface area contributed by atoms with Crippen molar-refractivity contribution in [2.24, 2.45) is 0 Å². The maximum absolute atomic E-state index is 12.4. The van der Waals surface area contributed by atoms with E-state index in [0.29, 0.717) is 12.3 Å². The molecule has 1 aromatic heterocycles. The number of nitrogens with zero attached hydrogens (tertiary/aromatic N) is 1. The van der Waals surface area contributed by atoms with Crippen molar-refractivity contribution < 1.29 is 14.3 Å². The molecular weight excluding hydrogens is 310 g/mol. The van der Waals surface area contributed by atoms with Gasteiger partial charge >= 0.3 is 0 Å². The summed E-state index contributed by atoms with van der Waals surface area (Å²) in [7, 11) is 3.34. The van der Waals surface area contributed by atoms with Crippen LogP contribution >= 0.6 is 11.3 Å². The Morgan fingerprint density at radius 3 is 2.87 bits per heavy atom. The van der Waals surface area contributed by atoms with Crippen LogP contribution in [0.2, 0.25) is 0 Å². The maximum Gasteiger partial charge on any atom is 0.227 e. The first-order valence-corrected chi connectivity index (χ1v) is 8.66. The number of hydrogen-bond acceptors (Lipinski definition) is 4. The highest BCUT2D eigenvalue weighted by Crippen LogP contribution is 2.36. The molecule has 1 atom stereocenters. The van der Waals surface area contributed by atoms with Gasteiger partial charge in [0.15, 0.2) is 0 Å². The molecule has 0 spiro atoms. The molecule has 2 aromatic rings. The predicted octanol–water partition coefficient (Wildman–Crippen LogP) is 3.32. The number of ether oxygens (including phenoxy) is 2. The number of rotatable bonds is 5. The van der Waals surface area contributed by atoms with Gasteiger partial charge in [-0.05, 0) is 47.0 Å². The minimum atomic E-state index is 0.202. The Morgan fingerprint density at radius 1 is 1.30 bits per heavy atom. The van der Waals surface area contributed by atoms with E-state index in [1.807, 2.05) is 39.9 Å². The van der Waals surface area contributed by atoms with Crippen LogP contribution in [0.3, 0.4) is 0 Å². The van der Waals surface area contributed by atoms with Crippen molar-refractivity contribution in [3.05, 3.63) is 46.2 Å². The van der Waals surface area contributed by atoms with Crippen molar-refractivity contribution in [3.8, 4) is 11.5 Å². The Balaban J connectivity index is 1.71. The SMILES string of the molecule is COc1ccc(OC)c([C@@H]2CCN(C(=O)Cc3ccsc3)C2)c1. The standard InChI is InChI=1S/C18H21NO3S/c1-21-15-3-4-17(22-2)16(10-15)14-5-7-19(11-14)18(20)9-13-6-8-23-12-13/h3-4,6,8,10,12,14H,5,7,9,11H2,1-2H3/t14-/m1/s1. The molecule has 1 saturated heterocycles. The molecule has 1 aliphatic rings. The highest BCUT2D eigenvalue weighted by Gasteiger charge is 2.29. The Morgan fingerprint density at radius 2 is 2.17 bits per heavy atom. The molecule has 1 aliphatic heterocycles. The van der Waals surface area contributed by atoms with E-state index in [-0.39, 0.29) is 5.91 Å². The molecule has 0 unspecified atom stereocenters. The van der Waals surface area contributed by atoms with Crippen LogP contribution in [0.15, 0.2) is 35.0 Å². The minimum absolute atomic E-state index is 0.202. The van der Waals surface area contributed by atoms with Gasteiger partial charge in [-0.1, -0.05) is 0 Å². The van der Waals surface area contributed by atoms with Crippen molar-refractivity contribution in [3.63, 3.8) is 0 Å². The van der Waals surface area contributed by atoms with Crippen molar-refractivity contribution in [1.82, 2.24) is 4.90 Å². The average Bonchev–Trinajstić information content (AvgIpc) is 3.25. The largest absolute Gasteiger partial charge is 0.497 e. The van der Waals surface area contributed by atoms with Gasteiger partial charge in [0.2, 0.25) is 5.91 Å². The fourth-order valence-corrected chi connectivity index (χ4v) is 3.75. The van der Waals surface area contributed by atoms with Crippen LogP contribution in [0.4, 0.5) is 0 Å². The first-order chi connectivity index (χ1) is 11.2. The van der Waals surface area contributed by atoms with Gasteiger partial charge in [-0.15, -0.1) is 0 Å². The monoisotopic (exact) mass is 331 g/mol. The third-order valence-corrected chi connectivity index (χ3v) is 5.09. The number of methoxy groups -OCH3 is 2. The summed E-state index contributed by atoms with van der Waals surface area (Å²) in [6.07, 6.45) is 1.45. The maximum atomic E-state index is 12.4. The van der Waals surface area contributed by atoms with Crippen molar-refractivity contribution in [2.45, 2.75) is 18.8 Å². The van der Waals surface area contributed by atoms with E-state index >= 15 is 0 Å².